The van der Waals surface area contributed by atoms with Crippen LogP contribution in [0.2, 0.25) is 0 Å². The van der Waals surface area contributed by atoms with E-state index in [1.807, 2.05) is 0 Å². The number of amides is 1. The van der Waals surface area contributed by atoms with Crippen LogP contribution in [0.4, 0.5) is 0 Å². The molecular formula is C24H34BrN3O. The molecule has 1 heterocycles. The average Bonchev–Trinajstić information content (AvgIpc) is 3.05. The van der Waals surface area contributed by atoms with Gasteiger partial charge in [-0.15, -0.1) is 0 Å². The third-order valence-corrected chi connectivity index (χ3v) is 7.36. The van der Waals surface area contributed by atoms with Crippen LogP contribution in [0.15, 0.2) is 28.9 Å². The zero-order chi connectivity index (χ0) is 20.2. The van der Waals surface area contributed by atoms with Gasteiger partial charge in [0.25, 0.3) is 0 Å². The molecule has 5 heteroatoms. The minimum Gasteiger partial charge on any atom is -0.353 e. The molecule has 0 bridgehead atoms. The maximum atomic E-state index is 12.5. The Balaban J connectivity index is 1.42. The van der Waals surface area contributed by atoms with E-state index < -0.39 is 0 Å². The zero-order valence-electron chi connectivity index (χ0n) is 17.3. The predicted molar refractivity (Wildman–Crippen MR) is 123 cm³/mol. The van der Waals surface area contributed by atoms with Gasteiger partial charge in [0.2, 0.25) is 5.91 Å². The summed E-state index contributed by atoms with van der Waals surface area (Å²) in [5.74, 6) is 0.963. The van der Waals surface area contributed by atoms with E-state index >= 15 is 0 Å². The number of aromatic nitrogens is 1. The first-order chi connectivity index (χ1) is 14.1. The minimum atomic E-state index is 0.175. The SMILES string of the molecule is N[C@H]1CC[C@H](NC(=O)CCc2cn(CC3CCCCC3)c3ccc(Br)cc23)CC1. The van der Waals surface area contributed by atoms with Crippen molar-refractivity contribution in [1.29, 1.82) is 0 Å². The van der Waals surface area contributed by atoms with Gasteiger partial charge in [-0.3, -0.25) is 4.79 Å². The first-order valence-electron chi connectivity index (χ1n) is 11.4. The minimum absolute atomic E-state index is 0.175. The van der Waals surface area contributed by atoms with Crippen LogP contribution in [-0.2, 0) is 17.8 Å². The lowest BCUT2D eigenvalue weighted by Gasteiger charge is -2.26. The number of nitrogens with zero attached hydrogens (tertiary/aromatic N) is 1. The van der Waals surface area contributed by atoms with E-state index in [9.17, 15) is 4.79 Å². The molecule has 2 aromatic rings. The summed E-state index contributed by atoms with van der Waals surface area (Å²) >= 11 is 3.63. The standard InChI is InChI=1S/C24H34BrN3O/c25-19-7-12-23-22(14-19)18(16-28(23)15-17-4-2-1-3-5-17)6-13-24(29)27-21-10-8-20(26)9-11-21/h7,12,14,16-17,20-21H,1-6,8-11,13,15,26H2,(H,27,29)/t20-,21-. The van der Waals surface area contributed by atoms with Gasteiger partial charge in [-0.05, 0) is 74.6 Å². The highest BCUT2D eigenvalue weighted by Crippen LogP contribution is 2.30. The van der Waals surface area contributed by atoms with E-state index in [4.69, 9.17) is 5.73 Å². The Labute approximate surface area is 182 Å². The quantitative estimate of drug-likeness (QED) is 0.615. The summed E-state index contributed by atoms with van der Waals surface area (Å²) in [6.07, 6.45) is 14.5. The van der Waals surface area contributed by atoms with Crippen LogP contribution in [0.25, 0.3) is 10.9 Å². The molecule has 0 unspecified atom stereocenters. The van der Waals surface area contributed by atoms with E-state index in [1.54, 1.807) is 0 Å². The number of nitrogens with two attached hydrogens (primary N) is 1. The number of hydrogen-bond acceptors (Lipinski definition) is 2. The topological polar surface area (TPSA) is 60.0 Å². The summed E-state index contributed by atoms with van der Waals surface area (Å²) in [6, 6.07) is 7.18. The molecule has 4 rings (SSSR count). The largest absolute Gasteiger partial charge is 0.353 e. The van der Waals surface area contributed by atoms with Gasteiger partial charge in [-0.1, -0.05) is 35.2 Å². The molecule has 0 atom stereocenters. The third kappa shape index (κ3) is 5.43. The van der Waals surface area contributed by atoms with Crippen LogP contribution in [0.5, 0.6) is 0 Å². The summed E-state index contributed by atoms with van der Waals surface area (Å²) in [5, 5.41) is 4.51. The maximum Gasteiger partial charge on any atom is 0.220 e. The van der Waals surface area contributed by atoms with Crippen LogP contribution in [-0.4, -0.2) is 22.6 Å². The number of nitrogens with one attached hydrogen (secondary N) is 1. The van der Waals surface area contributed by atoms with E-state index in [0.29, 0.717) is 18.5 Å². The maximum absolute atomic E-state index is 12.5. The second kappa shape index (κ2) is 9.65. The van der Waals surface area contributed by atoms with Crippen LogP contribution in [0.3, 0.4) is 0 Å². The highest BCUT2D eigenvalue weighted by atomic mass is 79.9. The van der Waals surface area contributed by atoms with Crippen LogP contribution < -0.4 is 11.1 Å². The van der Waals surface area contributed by atoms with Crippen molar-refractivity contribution in [1.82, 2.24) is 9.88 Å². The van der Waals surface area contributed by atoms with E-state index in [0.717, 1.165) is 49.0 Å². The van der Waals surface area contributed by atoms with Crippen molar-refractivity contribution >= 4 is 32.7 Å². The highest BCUT2D eigenvalue weighted by Gasteiger charge is 2.21. The lowest BCUT2D eigenvalue weighted by molar-refractivity contribution is -0.122. The zero-order valence-corrected chi connectivity index (χ0v) is 18.9. The Bertz CT molecular complexity index is 832. The van der Waals surface area contributed by atoms with E-state index in [2.05, 4.69) is 50.2 Å². The summed E-state index contributed by atoms with van der Waals surface area (Å²) in [5.41, 5.74) is 8.57. The predicted octanol–water partition coefficient (Wildman–Crippen LogP) is 5.30. The Morgan fingerprint density at radius 2 is 1.86 bits per heavy atom. The molecule has 3 N–H and O–H groups in total. The van der Waals surface area contributed by atoms with Crippen molar-refractivity contribution in [2.45, 2.75) is 89.3 Å². The number of benzene rings is 1. The first-order valence-corrected chi connectivity index (χ1v) is 12.2. The summed E-state index contributed by atoms with van der Waals surface area (Å²) < 4.78 is 3.54. The van der Waals surface area contributed by atoms with Gasteiger partial charge in [0.15, 0.2) is 0 Å². The molecule has 2 saturated carbocycles. The fourth-order valence-electron chi connectivity index (χ4n) is 5.15. The molecule has 2 aliphatic carbocycles. The molecule has 2 fully saturated rings. The molecule has 29 heavy (non-hydrogen) atoms. The highest BCUT2D eigenvalue weighted by molar-refractivity contribution is 9.10. The summed E-state index contributed by atoms with van der Waals surface area (Å²) in [6.45, 7) is 1.10. The van der Waals surface area contributed by atoms with Gasteiger partial charge in [0.1, 0.15) is 0 Å². The van der Waals surface area contributed by atoms with Crippen LogP contribution >= 0.6 is 15.9 Å². The van der Waals surface area contributed by atoms with Crippen LogP contribution in [0, 0.1) is 5.92 Å². The molecule has 0 spiro atoms. The fourth-order valence-corrected chi connectivity index (χ4v) is 5.51. The Hall–Kier alpha value is -1.33. The number of carbonyl (C=O) groups is 1. The average molecular weight is 460 g/mol. The van der Waals surface area contributed by atoms with Crippen LogP contribution in [0.1, 0.15) is 69.8 Å². The Morgan fingerprint density at radius 3 is 2.62 bits per heavy atom. The van der Waals surface area contributed by atoms with Gasteiger partial charge < -0.3 is 15.6 Å². The van der Waals surface area contributed by atoms with Crippen molar-refractivity contribution in [2.75, 3.05) is 0 Å². The second-order valence-electron chi connectivity index (χ2n) is 9.15. The number of hydrogen-bond donors (Lipinski definition) is 2. The molecule has 0 saturated heterocycles. The molecular weight excluding hydrogens is 426 g/mol. The van der Waals surface area contributed by atoms with Crippen molar-refractivity contribution in [3.05, 3.63) is 34.4 Å². The van der Waals surface area contributed by atoms with Crippen molar-refractivity contribution < 1.29 is 4.79 Å². The number of aryl methyl sites for hydroxylation is 1. The van der Waals surface area contributed by atoms with Gasteiger partial charge in [-0.2, -0.15) is 0 Å². The number of rotatable bonds is 6. The molecule has 2 aliphatic rings. The molecule has 0 aliphatic heterocycles. The first kappa shape index (κ1) is 20.9. The number of carbonyl (C=O) groups excluding carboxylic acids is 1. The monoisotopic (exact) mass is 459 g/mol. The Morgan fingerprint density at radius 1 is 1.10 bits per heavy atom. The summed E-state index contributed by atoms with van der Waals surface area (Å²) in [4.78, 5) is 12.5. The van der Waals surface area contributed by atoms with Crippen molar-refractivity contribution in [2.24, 2.45) is 11.7 Å². The lowest BCUT2D eigenvalue weighted by atomic mass is 9.89. The van der Waals surface area contributed by atoms with Crippen molar-refractivity contribution in [3.8, 4) is 0 Å². The lowest BCUT2D eigenvalue weighted by Crippen LogP contribution is -2.40. The molecule has 158 valence electrons. The van der Waals surface area contributed by atoms with Gasteiger partial charge >= 0.3 is 0 Å². The molecule has 0 radical (unpaired) electrons. The second-order valence-corrected chi connectivity index (χ2v) is 10.1. The molecule has 1 amide bonds. The van der Waals surface area contributed by atoms with E-state index in [1.165, 1.54) is 48.6 Å². The van der Waals surface area contributed by atoms with Gasteiger partial charge in [-0.25, -0.2) is 0 Å². The third-order valence-electron chi connectivity index (χ3n) is 6.86. The van der Waals surface area contributed by atoms with Gasteiger partial charge in [0.05, 0.1) is 0 Å². The van der Waals surface area contributed by atoms with Crippen molar-refractivity contribution in [3.63, 3.8) is 0 Å². The normalized spacial score (nSPS) is 23.4. The molecule has 1 aromatic carbocycles. The van der Waals surface area contributed by atoms with E-state index in [-0.39, 0.29) is 5.91 Å². The van der Waals surface area contributed by atoms with Gasteiger partial charge in [0, 0.05) is 46.6 Å². The number of halogens is 1. The molecule has 4 nitrogen and oxygen atoms in total. The number of fused-ring (bicyclic) bond motifs is 1. The smallest absolute Gasteiger partial charge is 0.220 e. The Kier molecular flexibility index (Phi) is 6.96. The fraction of sp³-hybridized carbons (Fsp3) is 0.625. The summed E-state index contributed by atoms with van der Waals surface area (Å²) in [7, 11) is 0. The molecule has 1 aromatic heterocycles.